The predicted octanol–water partition coefficient (Wildman–Crippen LogP) is 5.37. The zero-order valence-corrected chi connectivity index (χ0v) is 17.7. The molecular weight excluding hydrogens is 377 g/mol. The molecule has 1 saturated heterocycles. The van der Waals surface area contributed by atoms with Gasteiger partial charge in [-0.1, -0.05) is 12.1 Å². The van der Waals surface area contributed by atoms with Gasteiger partial charge in [-0.3, -0.25) is 9.69 Å². The molecule has 0 spiro atoms. The molecule has 5 rings (SSSR count). The van der Waals surface area contributed by atoms with Crippen LogP contribution in [-0.2, 0) is 13.0 Å². The van der Waals surface area contributed by atoms with E-state index in [9.17, 15) is 9.18 Å². The van der Waals surface area contributed by atoms with Gasteiger partial charge in [-0.25, -0.2) is 4.39 Å². The van der Waals surface area contributed by atoms with E-state index in [0.717, 1.165) is 75.0 Å². The molecule has 2 aromatic rings. The van der Waals surface area contributed by atoms with E-state index < -0.39 is 0 Å². The summed E-state index contributed by atoms with van der Waals surface area (Å²) >= 11 is 0. The first-order valence-electron chi connectivity index (χ1n) is 11.3. The largest absolute Gasteiger partial charge is 0.496 e. The second-order valence-corrected chi connectivity index (χ2v) is 9.26. The molecule has 0 N–H and O–H groups in total. The fraction of sp³-hybridized carbons (Fsp3) is 0.500. The number of carbonyl (C=O) groups excluding carboxylic acids is 1. The maximum Gasteiger partial charge on any atom is 0.166 e. The van der Waals surface area contributed by atoms with Crippen molar-refractivity contribution in [3.63, 3.8) is 0 Å². The maximum absolute atomic E-state index is 13.5. The molecule has 0 radical (unpaired) electrons. The van der Waals surface area contributed by atoms with E-state index in [0.29, 0.717) is 17.6 Å². The Morgan fingerprint density at radius 3 is 2.73 bits per heavy atom. The summed E-state index contributed by atoms with van der Waals surface area (Å²) in [6, 6.07) is 10.9. The van der Waals surface area contributed by atoms with Crippen molar-refractivity contribution in [2.24, 2.45) is 11.8 Å². The fourth-order valence-corrected chi connectivity index (χ4v) is 6.06. The summed E-state index contributed by atoms with van der Waals surface area (Å²) in [6.07, 6.45) is 6.56. The lowest BCUT2D eigenvalue weighted by Gasteiger charge is -2.34. The monoisotopic (exact) mass is 407 g/mol. The lowest BCUT2D eigenvalue weighted by atomic mass is 9.75. The van der Waals surface area contributed by atoms with Gasteiger partial charge in [0.15, 0.2) is 5.78 Å². The van der Waals surface area contributed by atoms with Gasteiger partial charge in [-0.2, -0.15) is 0 Å². The first-order valence-corrected chi connectivity index (χ1v) is 11.3. The van der Waals surface area contributed by atoms with Crippen LogP contribution >= 0.6 is 0 Å². The molecular formula is C26H30FNO2. The van der Waals surface area contributed by atoms with Gasteiger partial charge >= 0.3 is 0 Å². The highest BCUT2D eigenvalue weighted by molar-refractivity contribution is 6.04. The number of carbonyl (C=O) groups is 1. The third-order valence-electron chi connectivity index (χ3n) is 7.52. The Morgan fingerprint density at radius 2 is 1.97 bits per heavy atom. The molecule has 1 aliphatic heterocycles. The average Bonchev–Trinajstić information content (AvgIpc) is 3.03. The quantitative estimate of drug-likeness (QED) is 0.667. The third kappa shape index (κ3) is 3.56. The van der Waals surface area contributed by atoms with Crippen LogP contribution in [-0.4, -0.2) is 30.9 Å². The van der Waals surface area contributed by atoms with Crippen molar-refractivity contribution in [3.8, 4) is 5.75 Å². The number of hydrogen-bond donors (Lipinski definition) is 0. The van der Waals surface area contributed by atoms with Crippen molar-refractivity contribution in [2.45, 2.75) is 51.0 Å². The number of benzene rings is 2. The van der Waals surface area contributed by atoms with Crippen LogP contribution in [0.4, 0.5) is 4.39 Å². The summed E-state index contributed by atoms with van der Waals surface area (Å²) in [5.74, 6) is 2.29. The van der Waals surface area contributed by atoms with Crippen LogP contribution in [0.1, 0.15) is 65.1 Å². The molecule has 4 heteroatoms. The maximum atomic E-state index is 13.5. The highest BCUT2D eigenvalue weighted by Crippen LogP contribution is 2.50. The Kier molecular flexibility index (Phi) is 5.36. The van der Waals surface area contributed by atoms with E-state index in [-0.39, 0.29) is 11.7 Å². The van der Waals surface area contributed by atoms with Crippen LogP contribution in [0, 0.1) is 17.7 Å². The number of Topliss-reactive ketones (excluding diaryl/α,β-unsaturated/α-hetero) is 1. The van der Waals surface area contributed by atoms with E-state index in [1.54, 1.807) is 19.2 Å². The topological polar surface area (TPSA) is 29.5 Å². The lowest BCUT2D eigenvalue weighted by Crippen LogP contribution is -2.34. The molecule has 30 heavy (non-hydrogen) atoms. The van der Waals surface area contributed by atoms with Crippen molar-refractivity contribution in [2.75, 3.05) is 20.2 Å². The Bertz CT molecular complexity index is 948. The number of nitrogens with zero attached hydrogens (tertiary/aromatic N) is 1. The molecule has 3 nitrogen and oxygen atoms in total. The fourth-order valence-electron chi connectivity index (χ4n) is 6.06. The number of ether oxygens (including phenoxy) is 1. The lowest BCUT2D eigenvalue weighted by molar-refractivity contribution is 0.0870. The van der Waals surface area contributed by atoms with E-state index >= 15 is 0 Å². The van der Waals surface area contributed by atoms with E-state index in [1.165, 1.54) is 17.2 Å². The standard InChI is InChI=1S/C26H30FNO2/c1-30-24-9-8-22-25-20(6-3-7-21(24)25)23(26(22)29)15-17-10-12-28(13-11-17)16-18-4-2-5-19(27)14-18/h2,4-5,8-9,14,17,20,23H,3,6-7,10-13,15-16H2,1H3. The summed E-state index contributed by atoms with van der Waals surface area (Å²) in [5, 5.41) is 0. The highest BCUT2D eigenvalue weighted by Gasteiger charge is 2.44. The van der Waals surface area contributed by atoms with Crippen LogP contribution in [0.25, 0.3) is 0 Å². The zero-order chi connectivity index (χ0) is 20.7. The van der Waals surface area contributed by atoms with Gasteiger partial charge in [-0.15, -0.1) is 0 Å². The smallest absolute Gasteiger partial charge is 0.166 e. The van der Waals surface area contributed by atoms with Gasteiger partial charge in [0.25, 0.3) is 0 Å². The molecule has 158 valence electrons. The number of hydrogen-bond acceptors (Lipinski definition) is 3. The first kappa shape index (κ1) is 19.7. The molecule has 2 unspecified atom stereocenters. The van der Waals surface area contributed by atoms with Gasteiger partial charge in [0.05, 0.1) is 7.11 Å². The summed E-state index contributed by atoms with van der Waals surface area (Å²) in [4.78, 5) is 15.7. The molecule has 0 amide bonds. The Balaban J connectivity index is 1.24. The second-order valence-electron chi connectivity index (χ2n) is 9.26. The Labute approximate surface area is 178 Å². The summed E-state index contributed by atoms with van der Waals surface area (Å²) in [6.45, 7) is 2.86. The molecule has 0 aromatic heterocycles. The summed E-state index contributed by atoms with van der Waals surface area (Å²) in [5.41, 5.74) is 4.59. The van der Waals surface area contributed by atoms with Gasteiger partial charge < -0.3 is 4.74 Å². The van der Waals surface area contributed by atoms with Gasteiger partial charge in [0, 0.05) is 18.0 Å². The van der Waals surface area contributed by atoms with Crippen LogP contribution in [0.2, 0.25) is 0 Å². The number of piperidine rings is 1. The van der Waals surface area contributed by atoms with E-state index in [2.05, 4.69) is 4.90 Å². The number of rotatable bonds is 5. The predicted molar refractivity (Wildman–Crippen MR) is 116 cm³/mol. The number of halogens is 1. The number of likely N-dealkylation sites (tertiary alicyclic amines) is 1. The van der Waals surface area contributed by atoms with E-state index in [1.807, 2.05) is 18.2 Å². The van der Waals surface area contributed by atoms with Crippen molar-refractivity contribution in [3.05, 3.63) is 64.5 Å². The summed E-state index contributed by atoms with van der Waals surface area (Å²) < 4.78 is 19.0. The minimum Gasteiger partial charge on any atom is -0.496 e. The molecule has 2 aromatic carbocycles. The van der Waals surface area contributed by atoms with Crippen LogP contribution in [0.5, 0.6) is 5.75 Å². The van der Waals surface area contributed by atoms with Crippen LogP contribution in [0.15, 0.2) is 36.4 Å². The summed E-state index contributed by atoms with van der Waals surface area (Å²) in [7, 11) is 1.73. The van der Waals surface area contributed by atoms with Crippen molar-refractivity contribution in [1.82, 2.24) is 4.90 Å². The van der Waals surface area contributed by atoms with Crippen molar-refractivity contribution in [1.29, 1.82) is 0 Å². The Hall–Kier alpha value is -2.20. The van der Waals surface area contributed by atoms with E-state index in [4.69, 9.17) is 4.74 Å². The van der Waals surface area contributed by atoms with Crippen LogP contribution < -0.4 is 4.74 Å². The van der Waals surface area contributed by atoms with Gasteiger partial charge in [0.1, 0.15) is 11.6 Å². The number of ketones is 1. The zero-order valence-electron chi connectivity index (χ0n) is 17.7. The normalized spacial score (nSPS) is 24.1. The molecule has 2 atom stereocenters. The second kappa shape index (κ2) is 8.14. The molecule has 1 heterocycles. The van der Waals surface area contributed by atoms with Crippen LogP contribution in [0.3, 0.4) is 0 Å². The number of methoxy groups -OCH3 is 1. The third-order valence-corrected chi connectivity index (χ3v) is 7.52. The first-order chi connectivity index (χ1) is 14.6. The molecule has 1 fully saturated rings. The van der Waals surface area contributed by atoms with Gasteiger partial charge in [-0.05, 0) is 104 Å². The molecule has 0 bridgehead atoms. The minimum absolute atomic E-state index is 0.144. The van der Waals surface area contributed by atoms with Crippen molar-refractivity contribution >= 4 is 5.78 Å². The van der Waals surface area contributed by atoms with Crippen molar-refractivity contribution < 1.29 is 13.9 Å². The average molecular weight is 408 g/mol. The van der Waals surface area contributed by atoms with Gasteiger partial charge in [0.2, 0.25) is 0 Å². The molecule has 0 saturated carbocycles. The SMILES string of the molecule is COc1ccc2c3c1CCCC3C(CC1CCN(Cc3cccc(F)c3)CC1)C2=O. The Morgan fingerprint density at radius 1 is 1.13 bits per heavy atom. The molecule has 2 aliphatic carbocycles. The highest BCUT2D eigenvalue weighted by atomic mass is 19.1. The minimum atomic E-state index is -0.162. The molecule has 3 aliphatic rings.